The first kappa shape index (κ1) is 14.9. The standard InChI is InChI=1S/C13H19N3O3/c1-3-10-5-4-6-14-11(10)8-16-13(19)15-7-9(2)12(17)18/h4-6,9H,3,7-8H2,1-2H3,(H,17,18)(H2,15,16,19). The molecule has 0 aromatic carbocycles. The predicted molar refractivity (Wildman–Crippen MR) is 70.7 cm³/mol. The molecule has 1 aromatic rings. The van der Waals surface area contributed by atoms with Crippen molar-refractivity contribution in [1.29, 1.82) is 0 Å². The Morgan fingerprint density at radius 3 is 2.79 bits per heavy atom. The van der Waals surface area contributed by atoms with E-state index in [2.05, 4.69) is 15.6 Å². The van der Waals surface area contributed by atoms with Crippen LogP contribution in [0.2, 0.25) is 0 Å². The molecule has 0 saturated heterocycles. The zero-order valence-corrected chi connectivity index (χ0v) is 11.1. The van der Waals surface area contributed by atoms with Gasteiger partial charge in [0.05, 0.1) is 18.2 Å². The van der Waals surface area contributed by atoms with Crippen LogP contribution in [0.5, 0.6) is 0 Å². The minimum atomic E-state index is -0.932. The number of urea groups is 1. The normalized spacial score (nSPS) is 11.7. The van der Waals surface area contributed by atoms with Crippen molar-refractivity contribution >= 4 is 12.0 Å². The van der Waals surface area contributed by atoms with Gasteiger partial charge in [-0.2, -0.15) is 0 Å². The van der Waals surface area contributed by atoms with Gasteiger partial charge in [-0.1, -0.05) is 19.9 Å². The van der Waals surface area contributed by atoms with Crippen molar-refractivity contribution < 1.29 is 14.7 Å². The van der Waals surface area contributed by atoms with E-state index in [4.69, 9.17) is 5.11 Å². The summed E-state index contributed by atoms with van der Waals surface area (Å²) in [5.41, 5.74) is 1.91. The Balaban J connectivity index is 2.40. The fraction of sp³-hybridized carbons (Fsp3) is 0.462. The number of aryl methyl sites for hydroxylation is 1. The van der Waals surface area contributed by atoms with Crippen molar-refractivity contribution in [2.24, 2.45) is 5.92 Å². The van der Waals surface area contributed by atoms with Gasteiger partial charge in [-0.3, -0.25) is 9.78 Å². The molecule has 0 bridgehead atoms. The molecule has 0 aliphatic rings. The summed E-state index contributed by atoms with van der Waals surface area (Å²) in [7, 11) is 0. The molecule has 0 aliphatic heterocycles. The molecule has 104 valence electrons. The largest absolute Gasteiger partial charge is 0.481 e. The van der Waals surface area contributed by atoms with Crippen molar-refractivity contribution in [3.63, 3.8) is 0 Å². The lowest BCUT2D eigenvalue weighted by Crippen LogP contribution is -2.39. The van der Waals surface area contributed by atoms with Gasteiger partial charge in [0, 0.05) is 12.7 Å². The van der Waals surface area contributed by atoms with Crippen LogP contribution in [0.25, 0.3) is 0 Å². The summed E-state index contributed by atoms with van der Waals surface area (Å²) in [4.78, 5) is 26.3. The van der Waals surface area contributed by atoms with Crippen LogP contribution in [0.15, 0.2) is 18.3 Å². The van der Waals surface area contributed by atoms with E-state index in [-0.39, 0.29) is 12.6 Å². The third-order valence-corrected chi connectivity index (χ3v) is 2.77. The van der Waals surface area contributed by atoms with Gasteiger partial charge in [-0.05, 0) is 18.1 Å². The number of nitrogens with zero attached hydrogens (tertiary/aromatic N) is 1. The van der Waals surface area contributed by atoms with Crippen LogP contribution in [0.4, 0.5) is 4.79 Å². The molecule has 2 amide bonds. The number of pyridine rings is 1. The Hall–Kier alpha value is -2.11. The number of aromatic nitrogens is 1. The molecule has 1 unspecified atom stereocenters. The number of carbonyl (C=O) groups excluding carboxylic acids is 1. The molecule has 1 heterocycles. The molecule has 1 rings (SSSR count). The summed E-state index contributed by atoms with van der Waals surface area (Å²) in [5, 5.41) is 13.9. The van der Waals surface area contributed by atoms with Gasteiger partial charge < -0.3 is 15.7 Å². The lowest BCUT2D eigenvalue weighted by molar-refractivity contribution is -0.140. The Morgan fingerprint density at radius 1 is 1.42 bits per heavy atom. The van der Waals surface area contributed by atoms with Crippen LogP contribution in [-0.4, -0.2) is 28.6 Å². The Kier molecular flexibility index (Phi) is 5.78. The maximum atomic E-state index is 11.5. The maximum absolute atomic E-state index is 11.5. The van der Waals surface area contributed by atoms with Crippen LogP contribution >= 0.6 is 0 Å². The number of nitrogens with one attached hydrogen (secondary N) is 2. The second-order valence-electron chi connectivity index (χ2n) is 4.27. The highest BCUT2D eigenvalue weighted by atomic mass is 16.4. The summed E-state index contributed by atoms with van der Waals surface area (Å²) in [5.74, 6) is -1.54. The van der Waals surface area contributed by atoms with E-state index in [0.29, 0.717) is 6.54 Å². The lowest BCUT2D eigenvalue weighted by Gasteiger charge is -2.11. The van der Waals surface area contributed by atoms with E-state index in [1.54, 1.807) is 6.20 Å². The van der Waals surface area contributed by atoms with E-state index in [1.807, 2.05) is 19.1 Å². The Bertz CT molecular complexity index is 449. The van der Waals surface area contributed by atoms with Crippen LogP contribution in [-0.2, 0) is 17.8 Å². The van der Waals surface area contributed by atoms with E-state index in [9.17, 15) is 9.59 Å². The zero-order chi connectivity index (χ0) is 14.3. The number of carboxylic acid groups (broad SMARTS) is 1. The summed E-state index contributed by atoms with van der Waals surface area (Å²) in [6.07, 6.45) is 2.53. The van der Waals surface area contributed by atoms with E-state index in [0.717, 1.165) is 17.7 Å². The topological polar surface area (TPSA) is 91.3 Å². The SMILES string of the molecule is CCc1cccnc1CNC(=O)NCC(C)C(=O)O. The van der Waals surface area contributed by atoms with Crippen molar-refractivity contribution in [2.75, 3.05) is 6.54 Å². The first-order valence-corrected chi connectivity index (χ1v) is 6.21. The second kappa shape index (κ2) is 7.35. The van der Waals surface area contributed by atoms with E-state index < -0.39 is 11.9 Å². The van der Waals surface area contributed by atoms with Crippen molar-refractivity contribution in [3.8, 4) is 0 Å². The molecule has 1 aromatic heterocycles. The molecule has 3 N–H and O–H groups in total. The quantitative estimate of drug-likeness (QED) is 0.720. The van der Waals surface area contributed by atoms with Gasteiger partial charge in [-0.25, -0.2) is 4.79 Å². The molecular weight excluding hydrogens is 246 g/mol. The number of hydrogen-bond donors (Lipinski definition) is 3. The van der Waals surface area contributed by atoms with Crippen LogP contribution in [0.1, 0.15) is 25.1 Å². The van der Waals surface area contributed by atoms with Gasteiger partial charge in [-0.15, -0.1) is 0 Å². The van der Waals surface area contributed by atoms with E-state index in [1.165, 1.54) is 6.92 Å². The zero-order valence-electron chi connectivity index (χ0n) is 11.1. The highest BCUT2D eigenvalue weighted by Crippen LogP contribution is 2.05. The fourth-order valence-corrected chi connectivity index (χ4v) is 1.51. The van der Waals surface area contributed by atoms with Gasteiger partial charge in [0.15, 0.2) is 0 Å². The number of carboxylic acids is 1. The number of rotatable bonds is 6. The van der Waals surface area contributed by atoms with Gasteiger partial charge in [0.25, 0.3) is 0 Å². The first-order chi connectivity index (χ1) is 9.04. The lowest BCUT2D eigenvalue weighted by atomic mass is 10.1. The minimum Gasteiger partial charge on any atom is -0.481 e. The molecule has 19 heavy (non-hydrogen) atoms. The second-order valence-corrected chi connectivity index (χ2v) is 4.27. The monoisotopic (exact) mass is 265 g/mol. The number of hydrogen-bond acceptors (Lipinski definition) is 3. The van der Waals surface area contributed by atoms with Gasteiger partial charge in [0.2, 0.25) is 0 Å². The summed E-state index contributed by atoms with van der Waals surface area (Å²) in [6.45, 7) is 3.99. The smallest absolute Gasteiger partial charge is 0.315 e. The molecule has 1 atom stereocenters. The third-order valence-electron chi connectivity index (χ3n) is 2.77. The molecule has 0 spiro atoms. The molecule has 6 heteroatoms. The molecule has 0 aliphatic carbocycles. The molecule has 0 radical (unpaired) electrons. The number of carbonyl (C=O) groups is 2. The van der Waals surface area contributed by atoms with Crippen molar-refractivity contribution in [1.82, 2.24) is 15.6 Å². The Morgan fingerprint density at radius 2 is 2.16 bits per heavy atom. The van der Waals surface area contributed by atoms with Crippen molar-refractivity contribution in [2.45, 2.75) is 26.8 Å². The highest BCUT2D eigenvalue weighted by molar-refractivity contribution is 5.75. The average Bonchev–Trinajstić information content (AvgIpc) is 2.42. The minimum absolute atomic E-state index is 0.101. The molecule has 0 saturated carbocycles. The van der Waals surface area contributed by atoms with Gasteiger partial charge >= 0.3 is 12.0 Å². The molecular formula is C13H19N3O3. The highest BCUT2D eigenvalue weighted by Gasteiger charge is 2.12. The predicted octanol–water partition coefficient (Wildman–Crippen LogP) is 1.16. The van der Waals surface area contributed by atoms with Crippen LogP contribution in [0, 0.1) is 5.92 Å². The molecule has 0 fully saturated rings. The fourth-order valence-electron chi connectivity index (χ4n) is 1.51. The van der Waals surface area contributed by atoms with E-state index >= 15 is 0 Å². The third kappa shape index (κ3) is 4.95. The molecule has 6 nitrogen and oxygen atoms in total. The summed E-state index contributed by atoms with van der Waals surface area (Å²) in [6, 6.07) is 3.44. The van der Waals surface area contributed by atoms with Crippen molar-refractivity contribution in [3.05, 3.63) is 29.6 Å². The first-order valence-electron chi connectivity index (χ1n) is 6.21. The van der Waals surface area contributed by atoms with Crippen LogP contribution < -0.4 is 10.6 Å². The number of amides is 2. The average molecular weight is 265 g/mol. The number of aliphatic carboxylic acids is 1. The summed E-state index contributed by atoms with van der Waals surface area (Å²) < 4.78 is 0. The summed E-state index contributed by atoms with van der Waals surface area (Å²) >= 11 is 0. The van der Waals surface area contributed by atoms with Gasteiger partial charge in [0.1, 0.15) is 0 Å². The van der Waals surface area contributed by atoms with Crippen LogP contribution in [0.3, 0.4) is 0 Å². The Labute approximate surface area is 112 Å². The maximum Gasteiger partial charge on any atom is 0.315 e.